The van der Waals surface area contributed by atoms with Crippen LogP contribution in [0.4, 0.5) is 17.6 Å². The quantitative estimate of drug-likeness (QED) is 0.549. The minimum absolute atomic E-state index is 0.216. The molecular formula is C19H19F4N5O2. The second-order valence-corrected chi connectivity index (χ2v) is 7.12. The zero-order valence-electron chi connectivity index (χ0n) is 16.3. The lowest BCUT2D eigenvalue weighted by atomic mass is 9.79. The van der Waals surface area contributed by atoms with Crippen LogP contribution in [0.1, 0.15) is 45.0 Å². The van der Waals surface area contributed by atoms with E-state index in [1.165, 1.54) is 12.4 Å². The third kappa shape index (κ3) is 3.47. The van der Waals surface area contributed by atoms with Gasteiger partial charge in [0.15, 0.2) is 17.3 Å². The Labute approximate surface area is 169 Å². The van der Waals surface area contributed by atoms with Crippen molar-refractivity contribution in [2.45, 2.75) is 51.0 Å². The lowest BCUT2D eigenvalue weighted by Crippen LogP contribution is -2.55. The van der Waals surface area contributed by atoms with Crippen molar-refractivity contribution >= 4 is 5.65 Å². The lowest BCUT2D eigenvalue weighted by Gasteiger charge is -2.42. The lowest BCUT2D eigenvalue weighted by molar-refractivity contribution is -0.275. The molecule has 0 radical (unpaired) electrons. The van der Waals surface area contributed by atoms with Crippen LogP contribution in [0, 0.1) is 5.82 Å². The zero-order chi connectivity index (χ0) is 21.5. The van der Waals surface area contributed by atoms with Crippen molar-refractivity contribution in [2.24, 2.45) is 0 Å². The van der Waals surface area contributed by atoms with Gasteiger partial charge in [0.2, 0.25) is 5.60 Å². The van der Waals surface area contributed by atoms with Crippen LogP contribution in [0.15, 0.2) is 24.7 Å². The Morgan fingerprint density at radius 2 is 1.97 bits per heavy atom. The summed E-state index contributed by atoms with van der Waals surface area (Å²) in [6.07, 6.45) is -0.701. The van der Waals surface area contributed by atoms with E-state index >= 15 is 0 Å². The number of hydrogen-bond acceptors (Lipinski definition) is 6. The largest absolute Gasteiger partial charge is 0.459 e. The first-order valence-electron chi connectivity index (χ1n) is 9.48. The van der Waals surface area contributed by atoms with Crippen molar-refractivity contribution in [3.8, 4) is 17.1 Å². The van der Waals surface area contributed by atoms with Crippen molar-refractivity contribution in [2.75, 3.05) is 6.61 Å². The number of ether oxygens (including phenoxy) is 2. The highest BCUT2D eigenvalue weighted by Crippen LogP contribution is 2.48. The molecule has 1 saturated carbocycles. The van der Waals surface area contributed by atoms with E-state index in [0.717, 1.165) is 6.07 Å². The maximum Gasteiger partial charge on any atom is 0.428 e. The summed E-state index contributed by atoms with van der Waals surface area (Å²) in [5, 5.41) is 8.11. The van der Waals surface area contributed by atoms with Crippen molar-refractivity contribution < 1.29 is 27.0 Å². The molecule has 0 N–H and O–H groups in total. The summed E-state index contributed by atoms with van der Waals surface area (Å²) in [4.78, 5) is 8.00. The summed E-state index contributed by atoms with van der Waals surface area (Å²) in [5.41, 5.74) is -1.27. The molecule has 11 heteroatoms. The topological polar surface area (TPSA) is 74.4 Å². The fourth-order valence-electron chi connectivity index (χ4n) is 3.34. The average molecular weight is 425 g/mol. The van der Waals surface area contributed by atoms with Crippen molar-refractivity contribution in [1.82, 2.24) is 24.6 Å². The van der Waals surface area contributed by atoms with E-state index in [0.29, 0.717) is 30.2 Å². The van der Waals surface area contributed by atoms with E-state index < -0.39 is 23.5 Å². The van der Waals surface area contributed by atoms with E-state index in [1.54, 1.807) is 10.6 Å². The minimum atomic E-state index is -4.59. The number of hydrogen-bond donors (Lipinski definition) is 0. The summed E-state index contributed by atoms with van der Waals surface area (Å²) in [5.74, 6) is -1.12. The second-order valence-electron chi connectivity index (χ2n) is 7.12. The van der Waals surface area contributed by atoms with E-state index in [1.807, 2.05) is 13.8 Å². The molecule has 1 aliphatic carbocycles. The number of halogens is 4. The van der Waals surface area contributed by atoms with Crippen LogP contribution in [0.3, 0.4) is 0 Å². The van der Waals surface area contributed by atoms with Gasteiger partial charge in [0, 0.05) is 24.6 Å². The van der Waals surface area contributed by atoms with Gasteiger partial charge >= 0.3 is 6.18 Å². The molecule has 0 spiro atoms. The Morgan fingerprint density at radius 1 is 1.20 bits per heavy atom. The van der Waals surface area contributed by atoms with Gasteiger partial charge in [-0.25, -0.2) is 9.37 Å². The van der Waals surface area contributed by atoms with Gasteiger partial charge in [-0.1, -0.05) is 0 Å². The molecule has 1 fully saturated rings. The fourth-order valence-corrected chi connectivity index (χ4v) is 3.34. The van der Waals surface area contributed by atoms with Crippen LogP contribution < -0.4 is 4.74 Å². The molecule has 0 amide bonds. The third-order valence-electron chi connectivity index (χ3n) is 5.17. The Balaban J connectivity index is 1.64. The number of alkyl halides is 3. The summed E-state index contributed by atoms with van der Waals surface area (Å²) in [6.45, 7) is 4.17. The Bertz CT molecular complexity index is 1060. The van der Waals surface area contributed by atoms with Crippen LogP contribution in [0.2, 0.25) is 0 Å². The Hall–Kier alpha value is -2.82. The van der Waals surface area contributed by atoms with E-state index in [2.05, 4.69) is 20.2 Å². The molecule has 1 unspecified atom stereocenters. The molecule has 4 rings (SSSR count). The molecule has 0 bridgehead atoms. The normalized spacial score (nSPS) is 17.0. The molecule has 30 heavy (non-hydrogen) atoms. The SMILES string of the molecule is CCOC(C)c1nnc2cnc(-c3cnc(OC4(C(F)(F)F)CCC4)c(F)c3)cn12. The number of fused-ring (bicyclic) bond motifs is 1. The van der Waals surface area contributed by atoms with Crippen LogP contribution in [0.5, 0.6) is 5.88 Å². The average Bonchev–Trinajstić information content (AvgIpc) is 3.08. The number of nitrogens with zero attached hydrogens (tertiary/aromatic N) is 5. The standard InChI is InChI=1S/C19H19F4N5O2/c1-3-29-11(2)16-27-26-15-9-24-14(10-28(15)16)12-7-13(20)17(25-8-12)30-18(5-4-6-18)19(21,22)23/h7-11H,3-6H2,1-2H3. The molecule has 3 aromatic heterocycles. The minimum Gasteiger partial charge on any atom is -0.459 e. The molecule has 3 heterocycles. The van der Waals surface area contributed by atoms with Gasteiger partial charge in [0.1, 0.15) is 6.10 Å². The second kappa shape index (κ2) is 7.46. The highest BCUT2D eigenvalue weighted by atomic mass is 19.4. The number of pyridine rings is 1. The predicted octanol–water partition coefficient (Wildman–Crippen LogP) is 4.29. The fraction of sp³-hybridized carbons (Fsp3) is 0.474. The van der Waals surface area contributed by atoms with Crippen LogP contribution in [-0.2, 0) is 4.74 Å². The molecule has 0 aliphatic heterocycles. The van der Waals surface area contributed by atoms with Crippen LogP contribution in [0.25, 0.3) is 16.9 Å². The molecule has 1 atom stereocenters. The van der Waals surface area contributed by atoms with Gasteiger partial charge in [-0.05, 0) is 39.2 Å². The van der Waals surface area contributed by atoms with Crippen molar-refractivity contribution in [3.05, 3.63) is 36.3 Å². The first-order chi connectivity index (χ1) is 14.2. The zero-order valence-corrected chi connectivity index (χ0v) is 16.3. The number of rotatable bonds is 6. The smallest absolute Gasteiger partial charge is 0.428 e. The maximum atomic E-state index is 14.5. The number of aromatic nitrogens is 5. The first kappa shape index (κ1) is 20.5. The van der Waals surface area contributed by atoms with E-state index in [9.17, 15) is 17.6 Å². The van der Waals surface area contributed by atoms with Crippen molar-refractivity contribution in [3.63, 3.8) is 0 Å². The first-order valence-corrected chi connectivity index (χ1v) is 9.48. The van der Waals surface area contributed by atoms with E-state index in [4.69, 9.17) is 9.47 Å². The Morgan fingerprint density at radius 3 is 2.57 bits per heavy atom. The summed E-state index contributed by atoms with van der Waals surface area (Å²) < 4.78 is 66.6. The molecule has 160 valence electrons. The highest BCUT2D eigenvalue weighted by Gasteiger charge is 2.61. The molecule has 0 aromatic carbocycles. The van der Waals surface area contributed by atoms with Gasteiger partial charge in [-0.15, -0.1) is 10.2 Å². The van der Waals surface area contributed by atoms with E-state index in [-0.39, 0.29) is 24.5 Å². The maximum absolute atomic E-state index is 14.5. The molecular weight excluding hydrogens is 406 g/mol. The monoisotopic (exact) mass is 425 g/mol. The Kier molecular flexibility index (Phi) is 5.08. The van der Waals surface area contributed by atoms with Gasteiger partial charge < -0.3 is 9.47 Å². The summed E-state index contributed by atoms with van der Waals surface area (Å²) in [7, 11) is 0. The molecule has 1 aliphatic rings. The van der Waals surface area contributed by atoms with Crippen LogP contribution >= 0.6 is 0 Å². The highest BCUT2D eigenvalue weighted by molar-refractivity contribution is 5.59. The van der Waals surface area contributed by atoms with Gasteiger partial charge in [-0.3, -0.25) is 9.38 Å². The molecule has 3 aromatic rings. The summed E-state index contributed by atoms with van der Waals surface area (Å²) >= 11 is 0. The molecule has 0 saturated heterocycles. The third-order valence-corrected chi connectivity index (χ3v) is 5.17. The predicted molar refractivity (Wildman–Crippen MR) is 97.3 cm³/mol. The van der Waals surface area contributed by atoms with Crippen molar-refractivity contribution in [1.29, 1.82) is 0 Å². The van der Waals surface area contributed by atoms with Gasteiger partial charge in [0.25, 0.3) is 5.88 Å². The molecule has 7 nitrogen and oxygen atoms in total. The van der Waals surface area contributed by atoms with Gasteiger partial charge in [0.05, 0.1) is 11.9 Å². The van der Waals surface area contributed by atoms with Crippen LogP contribution in [-0.4, -0.2) is 43.0 Å². The summed E-state index contributed by atoms with van der Waals surface area (Å²) in [6, 6.07) is 1.05. The van der Waals surface area contributed by atoms with Gasteiger partial charge in [-0.2, -0.15) is 13.2 Å².